The molecular formula is C16H16N6OS. The average Bonchev–Trinajstić information content (AvgIpc) is 3.34. The molecular weight excluding hydrogens is 324 g/mol. The van der Waals surface area contributed by atoms with Crippen LogP contribution in [0.15, 0.2) is 48.1 Å². The lowest BCUT2D eigenvalue weighted by atomic mass is 9.95. The number of tetrazole rings is 1. The van der Waals surface area contributed by atoms with Crippen molar-refractivity contribution >= 4 is 17.2 Å². The van der Waals surface area contributed by atoms with E-state index in [0.29, 0.717) is 23.7 Å². The van der Waals surface area contributed by atoms with Crippen molar-refractivity contribution in [3.05, 3.63) is 58.5 Å². The molecule has 8 heteroatoms. The van der Waals surface area contributed by atoms with E-state index in [1.807, 2.05) is 34.5 Å². The van der Waals surface area contributed by atoms with Gasteiger partial charge in [0.1, 0.15) is 11.2 Å². The zero-order valence-electron chi connectivity index (χ0n) is 12.8. The first-order valence-electron chi connectivity index (χ1n) is 7.64. The van der Waals surface area contributed by atoms with Crippen molar-refractivity contribution < 1.29 is 4.79 Å². The van der Waals surface area contributed by atoms with Crippen LogP contribution in [-0.4, -0.2) is 50.1 Å². The Morgan fingerprint density at radius 1 is 1.21 bits per heavy atom. The van der Waals surface area contributed by atoms with Gasteiger partial charge in [-0.2, -0.15) is 4.68 Å². The van der Waals surface area contributed by atoms with Gasteiger partial charge in [-0.25, -0.2) is 0 Å². The molecule has 1 aliphatic heterocycles. The summed E-state index contributed by atoms with van der Waals surface area (Å²) in [7, 11) is 0. The second kappa shape index (κ2) is 6.14. The van der Waals surface area contributed by atoms with Crippen molar-refractivity contribution in [2.24, 2.45) is 5.73 Å². The molecule has 0 saturated carbocycles. The van der Waals surface area contributed by atoms with Gasteiger partial charge in [0.2, 0.25) is 0 Å². The van der Waals surface area contributed by atoms with E-state index in [4.69, 9.17) is 5.73 Å². The summed E-state index contributed by atoms with van der Waals surface area (Å²) in [6.45, 7) is 1.17. The van der Waals surface area contributed by atoms with Gasteiger partial charge in [0.15, 0.2) is 0 Å². The van der Waals surface area contributed by atoms with E-state index in [1.165, 1.54) is 27.9 Å². The number of likely N-dealkylation sites (tertiary alicyclic amines) is 1. The van der Waals surface area contributed by atoms with E-state index >= 15 is 0 Å². The molecule has 3 heterocycles. The van der Waals surface area contributed by atoms with Crippen LogP contribution in [0.1, 0.15) is 21.2 Å². The SMILES string of the molecule is N[C@@H]1CN(C(=O)c2sccc2-n2cnnn2)C[C@H]1c1ccccc1. The van der Waals surface area contributed by atoms with Crippen LogP contribution < -0.4 is 5.73 Å². The molecule has 0 spiro atoms. The molecule has 1 saturated heterocycles. The van der Waals surface area contributed by atoms with Crippen LogP contribution in [0.2, 0.25) is 0 Å². The highest BCUT2D eigenvalue weighted by Gasteiger charge is 2.35. The topological polar surface area (TPSA) is 89.9 Å². The maximum atomic E-state index is 12.9. The highest BCUT2D eigenvalue weighted by molar-refractivity contribution is 7.12. The third-order valence-electron chi connectivity index (χ3n) is 4.31. The van der Waals surface area contributed by atoms with Gasteiger partial charge in [-0.3, -0.25) is 4.79 Å². The standard InChI is InChI=1S/C16H16N6OS/c17-13-9-21(8-12(13)11-4-2-1-3-5-11)16(23)15-14(6-7-24-15)22-10-18-19-20-22/h1-7,10,12-13H,8-9,17H2/t12-,13+/m0/s1. The molecule has 0 radical (unpaired) electrons. The maximum absolute atomic E-state index is 12.9. The number of aromatic nitrogens is 4. The van der Waals surface area contributed by atoms with Gasteiger partial charge in [0.05, 0.1) is 5.69 Å². The smallest absolute Gasteiger partial charge is 0.266 e. The number of carbonyl (C=O) groups is 1. The summed E-state index contributed by atoms with van der Waals surface area (Å²) in [5, 5.41) is 13.0. The minimum Gasteiger partial charge on any atom is -0.336 e. The third-order valence-corrected chi connectivity index (χ3v) is 5.21. The van der Waals surface area contributed by atoms with E-state index in [1.54, 1.807) is 0 Å². The highest BCUT2D eigenvalue weighted by Crippen LogP contribution is 2.29. The van der Waals surface area contributed by atoms with Crippen molar-refractivity contribution in [1.82, 2.24) is 25.1 Å². The molecule has 122 valence electrons. The zero-order valence-corrected chi connectivity index (χ0v) is 13.6. The summed E-state index contributed by atoms with van der Waals surface area (Å²) in [6, 6.07) is 11.9. The van der Waals surface area contributed by atoms with Crippen LogP contribution in [0.25, 0.3) is 5.69 Å². The van der Waals surface area contributed by atoms with Crippen molar-refractivity contribution in [2.45, 2.75) is 12.0 Å². The first kappa shape index (κ1) is 15.0. The molecule has 2 aromatic heterocycles. The quantitative estimate of drug-likeness (QED) is 0.776. The summed E-state index contributed by atoms with van der Waals surface area (Å²) in [4.78, 5) is 15.4. The third kappa shape index (κ3) is 2.59. The van der Waals surface area contributed by atoms with Crippen molar-refractivity contribution in [2.75, 3.05) is 13.1 Å². The number of nitrogens with zero attached hydrogens (tertiary/aromatic N) is 5. The number of hydrogen-bond donors (Lipinski definition) is 1. The Bertz CT molecular complexity index is 831. The fraction of sp³-hybridized carbons (Fsp3) is 0.250. The molecule has 0 bridgehead atoms. The molecule has 7 nitrogen and oxygen atoms in total. The van der Waals surface area contributed by atoms with E-state index in [9.17, 15) is 4.79 Å². The first-order chi connectivity index (χ1) is 11.7. The van der Waals surface area contributed by atoms with Crippen LogP contribution >= 0.6 is 11.3 Å². The van der Waals surface area contributed by atoms with Crippen LogP contribution in [0.3, 0.4) is 0 Å². The van der Waals surface area contributed by atoms with Gasteiger partial charge < -0.3 is 10.6 Å². The fourth-order valence-electron chi connectivity index (χ4n) is 3.11. The Hall–Kier alpha value is -2.58. The summed E-state index contributed by atoms with van der Waals surface area (Å²) < 4.78 is 1.51. The van der Waals surface area contributed by atoms with Crippen LogP contribution in [0.5, 0.6) is 0 Å². The highest BCUT2D eigenvalue weighted by atomic mass is 32.1. The van der Waals surface area contributed by atoms with Crippen molar-refractivity contribution in [3.63, 3.8) is 0 Å². The van der Waals surface area contributed by atoms with Gasteiger partial charge in [-0.15, -0.1) is 16.4 Å². The number of thiophene rings is 1. The normalized spacial score (nSPS) is 20.5. The monoisotopic (exact) mass is 340 g/mol. The second-order valence-electron chi connectivity index (χ2n) is 5.78. The molecule has 1 amide bonds. The first-order valence-corrected chi connectivity index (χ1v) is 8.52. The van der Waals surface area contributed by atoms with E-state index in [0.717, 1.165) is 0 Å². The van der Waals surface area contributed by atoms with Crippen molar-refractivity contribution in [3.8, 4) is 5.69 Å². The lowest BCUT2D eigenvalue weighted by molar-refractivity contribution is 0.0794. The molecule has 0 aliphatic carbocycles. The minimum atomic E-state index is -0.0622. The van der Waals surface area contributed by atoms with E-state index < -0.39 is 0 Å². The molecule has 1 aliphatic rings. The molecule has 0 unspecified atom stereocenters. The Morgan fingerprint density at radius 2 is 2.04 bits per heavy atom. The summed E-state index contributed by atoms with van der Waals surface area (Å²) in [6.07, 6.45) is 1.49. The lowest BCUT2D eigenvalue weighted by Gasteiger charge is -2.16. The van der Waals surface area contributed by atoms with Crippen LogP contribution in [0, 0.1) is 0 Å². The van der Waals surface area contributed by atoms with Crippen molar-refractivity contribution in [1.29, 1.82) is 0 Å². The van der Waals surface area contributed by atoms with Gasteiger partial charge >= 0.3 is 0 Å². The Labute approximate surface area is 142 Å². The number of carbonyl (C=O) groups excluding carboxylic acids is 1. The summed E-state index contributed by atoms with van der Waals surface area (Å²) in [5.74, 6) is 0.135. The van der Waals surface area contributed by atoms with Crippen LogP contribution in [0.4, 0.5) is 0 Å². The summed E-state index contributed by atoms with van der Waals surface area (Å²) in [5.41, 5.74) is 8.17. The number of amides is 1. The van der Waals surface area contributed by atoms with Gasteiger partial charge in [0.25, 0.3) is 5.91 Å². The van der Waals surface area contributed by atoms with Gasteiger partial charge in [-0.1, -0.05) is 30.3 Å². The predicted molar refractivity (Wildman–Crippen MR) is 90.1 cm³/mol. The number of benzene rings is 1. The fourth-order valence-corrected chi connectivity index (χ4v) is 3.95. The average molecular weight is 340 g/mol. The van der Waals surface area contributed by atoms with Gasteiger partial charge in [-0.05, 0) is 27.4 Å². The Kier molecular flexibility index (Phi) is 3.83. The number of rotatable bonds is 3. The molecule has 1 aromatic carbocycles. The molecule has 24 heavy (non-hydrogen) atoms. The number of hydrogen-bond acceptors (Lipinski definition) is 6. The van der Waals surface area contributed by atoms with E-state index in [-0.39, 0.29) is 17.9 Å². The molecule has 3 aromatic rings. The minimum absolute atomic E-state index is 0.0237. The molecule has 2 N–H and O–H groups in total. The molecule has 4 rings (SSSR count). The number of nitrogens with two attached hydrogens (primary N) is 1. The lowest BCUT2D eigenvalue weighted by Crippen LogP contribution is -2.32. The molecule has 2 atom stereocenters. The second-order valence-corrected chi connectivity index (χ2v) is 6.70. The Morgan fingerprint density at radius 3 is 2.79 bits per heavy atom. The Balaban J connectivity index is 1.58. The summed E-state index contributed by atoms with van der Waals surface area (Å²) >= 11 is 1.39. The van der Waals surface area contributed by atoms with Gasteiger partial charge in [0, 0.05) is 25.0 Å². The predicted octanol–water partition coefficient (Wildman–Crippen LogP) is 1.29. The largest absolute Gasteiger partial charge is 0.336 e. The zero-order chi connectivity index (χ0) is 16.5. The van der Waals surface area contributed by atoms with Crippen LogP contribution in [-0.2, 0) is 0 Å². The molecule has 1 fully saturated rings. The van der Waals surface area contributed by atoms with E-state index in [2.05, 4.69) is 27.7 Å². The maximum Gasteiger partial charge on any atom is 0.266 e.